The van der Waals surface area contributed by atoms with Gasteiger partial charge < -0.3 is 15.7 Å². The normalized spacial score (nSPS) is 19.2. The first-order valence-corrected chi connectivity index (χ1v) is 6.49. The Labute approximate surface area is 107 Å². The van der Waals surface area contributed by atoms with Gasteiger partial charge in [0.15, 0.2) is 0 Å². The minimum Gasteiger partial charge on any atom is -0.478 e. The molecule has 1 saturated heterocycles. The van der Waals surface area contributed by atoms with Crippen molar-refractivity contribution in [3.63, 3.8) is 0 Å². The van der Waals surface area contributed by atoms with Crippen molar-refractivity contribution < 1.29 is 9.90 Å². The van der Waals surface area contributed by atoms with E-state index in [1.54, 1.807) is 12.1 Å². The van der Waals surface area contributed by atoms with E-state index in [-0.39, 0.29) is 5.56 Å². The van der Waals surface area contributed by atoms with Gasteiger partial charge in [0.05, 0.1) is 16.9 Å². The molecular weight excluding hydrogens is 228 g/mol. The van der Waals surface area contributed by atoms with Gasteiger partial charge in [0, 0.05) is 13.1 Å². The number of carboxylic acid groups (broad SMARTS) is 1. The molecule has 1 atom stereocenters. The third-order valence-corrected chi connectivity index (χ3v) is 3.60. The molecule has 1 aliphatic rings. The van der Waals surface area contributed by atoms with Gasteiger partial charge in [0.25, 0.3) is 0 Å². The van der Waals surface area contributed by atoms with Crippen molar-refractivity contribution in [2.24, 2.45) is 5.92 Å². The Balaban J connectivity index is 2.12. The van der Waals surface area contributed by atoms with E-state index in [1.165, 1.54) is 19.3 Å². The van der Waals surface area contributed by atoms with E-state index < -0.39 is 5.97 Å². The summed E-state index contributed by atoms with van der Waals surface area (Å²) in [5.74, 6) is -0.188. The molecule has 0 saturated carbocycles. The van der Waals surface area contributed by atoms with Crippen molar-refractivity contribution in [1.82, 2.24) is 0 Å². The number of carbonyl (C=O) groups is 1. The first kappa shape index (κ1) is 12.7. The fraction of sp³-hybridized carbons (Fsp3) is 0.500. The molecule has 1 fully saturated rings. The zero-order chi connectivity index (χ0) is 13.1. The molecule has 2 rings (SSSR count). The number of rotatable bonds is 4. The molecule has 1 aromatic carbocycles. The average molecular weight is 248 g/mol. The topological polar surface area (TPSA) is 66.6 Å². The molecule has 4 nitrogen and oxygen atoms in total. The summed E-state index contributed by atoms with van der Waals surface area (Å²) in [6, 6.07) is 5.00. The number of hydrogen-bond donors (Lipinski definition) is 2. The van der Waals surface area contributed by atoms with Crippen LogP contribution in [0.5, 0.6) is 0 Å². The highest BCUT2D eigenvalue weighted by Crippen LogP contribution is 2.31. The van der Waals surface area contributed by atoms with Crippen molar-refractivity contribution in [2.75, 3.05) is 23.7 Å². The van der Waals surface area contributed by atoms with E-state index in [2.05, 4.69) is 11.8 Å². The number of anilines is 2. The van der Waals surface area contributed by atoms with Crippen molar-refractivity contribution in [2.45, 2.75) is 26.2 Å². The summed E-state index contributed by atoms with van der Waals surface area (Å²) in [4.78, 5) is 13.1. The zero-order valence-electron chi connectivity index (χ0n) is 10.7. The minimum absolute atomic E-state index is 0.251. The maximum absolute atomic E-state index is 10.9. The molecule has 4 heteroatoms. The van der Waals surface area contributed by atoms with Crippen LogP contribution in [0.2, 0.25) is 0 Å². The molecule has 0 bridgehead atoms. The Morgan fingerprint density at radius 2 is 2.33 bits per heavy atom. The number of aromatic carboxylic acids is 1. The zero-order valence-corrected chi connectivity index (χ0v) is 10.7. The molecule has 1 aromatic rings. The third-order valence-electron chi connectivity index (χ3n) is 3.60. The van der Waals surface area contributed by atoms with Crippen LogP contribution < -0.4 is 10.6 Å². The van der Waals surface area contributed by atoms with Gasteiger partial charge >= 0.3 is 5.97 Å². The second-order valence-corrected chi connectivity index (χ2v) is 4.97. The van der Waals surface area contributed by atoms with E-state index in [1.807, 2.05) is 6.07 Å². The highest BCUT2D eigenvalue weighted by atomic mass is 16.4. The summed E-state index contributed by atoms with van der Waals surface area (Å²) >= 11 is 0. The lowest BCUT2D eigenvalue weighted by Crippen LogP contribution is -2.21. The number of hydrogen-bond acceptors (Lipinski definition) is 3. The Kier molecular flexibility index (Phi) is 3.75. The van der Waals surface area contributed by atoms with E-state index in [0.29, 0.717) is 5.69 Å². The molecule has 0 aliphatic carbocycles. The van der Waals surface area contributed by atoms with E-state index >= 15 is 0 Å². The Bertz CT molecular complexity index is 445. The highest BCUT2D eigenvalue weighted by Gasteiger charge is 2.23. The van der Waals surface area contributed by atoms with Gasteiger partial charge in [-0.2, -0.15) is 0 Å². The van der Waals surface area contributed by atoms with E-state index in [9.17, 15) is 4.79 Å². The van der Waals surface area contributed by atoms with Gasteiger partial charge in [-0.25, -0.2) is 4.79 Å². The van der Waals surface area contributed by atoms with Gasteiger partial charge in [-0.15, -0.1) is 0 Å². The van der Waals surface area contributed by atoms with Crippen LogP contribution >= 0.6 is 0 Å². The van der Waals surface area contributed by atoms with Crippen LogP contribution in [0.3, 0.4) is 0 Å². The lowest BCUT2D eigenvalue weighted by molar-refractivity contribution is 0.0697. The first-order chi connectivity index (χ1) is 8.61. The largest absolute Gasteiger partial charge is 0.478 e. The van der Waals surface area contributed by atoms with Crippen LogP contribution in [0.1, 0.15) is 36.5 Å². The van der Waals surface area contributed by atoms with Crippen LogP contribution in [0.25, 0.3) is 0 Å². The predicted molar refractivity (Wildman–Crippen MR) is 73.0 cm³/mol. The third kappa shape index (κ3) is 2.58. The molecule has 0 spiro atoms. The Morgan fingerprint density at radius 1 is 1.56 bits per heavy atom. The maximum Gasteiger partial charge on any atom is 0.335 e. The van der Waals surface area contributed by atoms with Crippen LogP contribution in [0.15, 0.2) is 18.2 Å². The summed E-state index contributed by atoms with van der Waals surface area (Å²) < 4.78 is 0. The number of nitrogens with zero attached hydrogens (tertiary/aromatic N) is 1. The molecule has 18 heavy (non-hydrogen) atoms. The number of nitrogen functional groups attached to an aromatic ring is 1. The van der Waals surface area contributed by atoms with Gasteiger partial charge in [-0.1, -0.05) is 13.3 Å². The molecule has 3 N–H and O–H groups in total. The Morgan fingerprint density at radius 3 is 2.94 bits per heavy atom. The van der Waals surface area contributed by atoms with Crippen molar-refractivity contribution in [3.8, 4) is 0 Å². The SMILES string of the molecule is CCCC1CCN(c2ccc(C(=O)O)cc2N)C1. The molecule has 1 aliphatic heterocycles. The summed E-state index contributed by atoms with van der Waals surface area (Å²) in [6.45, 7) is 4.25. The van der Waals surface area contributed by atoms with Gasteiger partial charge in [-0.3, -0.25) is 0 Å². The molecule has 1 heterocycles. The van der Waals surface area contributed by atoms with Gasteiger partial charge in [0.2, 0.25) is 0 Å². The summed E-state index contributed by atoms with van der Waals surface area (Å²) in [6.07, 6.45) is 3.67. The van der Waals surface area contributed by atoms with Crippen LogP contribution in [0, 0.1) is 5.92 Å². The molecule has 0 radical (unpaired) electrons. The molecular formula is C14H20N2O2. The monoisotopic (exact) mass is 248 g/mol. The standard InChI is InChI=1S/C14H20N2O2/c1-2-3-10-6-7-16(9-10)13-5-4-11(14(17)18)8-12(13)15/h4-5,8,10H,2-3,6-7,9,15H2,1H3,(H,17,18). The van der Waals surface area contributed by atoms with Gasteiger partial charge in [-0.05, 0) is 37.0 Å². The molecule has 1 unspecified atom stereocenters. The fourth-order valence-electron chi connectivity index (χ4n) is 2.67. The summed E-state index contributed by atoms with van der Waals surface area (Å²) in [5.41, 5.74) is 7.74. The van der Waals surface area contributed by atoms with Gasteiger partial charge in [0.1, 0.15) is 0 Å². The number of benzene rings is 1. The minimum atomic E-state index is -0.932. The molecule has 0 amide bonds. The second-order valence-electron chi connectivity index (χ2n) is 4.97. The van der Waals surface area contributed by atoms with Crippen LogP contribution in [0.4, 0.5) is 11.4 Å². The quantitative estimate of drug-likeness (QED) is 0.804. The lowest BCUT2D eigenvalue weighted by Gasteiger charge is -2.20. The number of carboxylic acids is 1. The second kappa shape index (κ2) is 5.29. The predicted octanol–water partition coefficient (Wildman–Crippen LogP) is 2.59. The maximum atomic E-state index is 10.9. The first-order valence-electron chi connectivity index (χ1n) is 6.49. The fourth-order valence-corrected chi connectivity index (χ4v) is 2.67. The summed E-state index contributed by atoms with van der Waals surface area (Å²) in [7, 11) is 0. The smallest absolute Gasteiger partial charge is 0.335 e. The lowest BCUT2D eigenvalue weighted by atomic mass is 10.0. The summed E-state index contributed by atoms with van der Waals surface area (Å²) in [5, 5.41) is 8.91. The molecule has 0 aromatic heterocycles. The van der Waals surface area contributed by atoms with Crippen LogP contribution in [-0.2, 0) is 0 Å². The van der Waals surface area contributed by atoms with E-state index in [0.717, 1.165) is 24.7 Å². The van der Waals surface area contributed by atoms with E-state index in [4.69, 9.17) is 10.8 Å². The Hall–Kier alpha value is -1.71. The molecule has 98 valence electrons. The van der Waals surface area contributed by atoms with Crippen molar-refractivity contribution in [1.29, 1.82) is 0 Å². The van der Waals surface area contributed by atoms with Crippen molar-refractivity contribution in [3.05, 3.63) is 23.8 Å². The average Bonchev–Trinajstić information content (AvgIpc) is 2.77. The highest BCUT2D eigenvalue weighted by molar-refractivity contribution is 5.90. The van der Waals surface area contributed by atoms with Crippen LogP contribution in [-0.4, -0.2) is 24.2 Å². The van der Waals surface area contributed by atoms with Crippen molar-refractivity contribution >= 4 is 17.3 Å². The number of nitrogens with two attached hydrogens (primary N) is 1.